The predicted octanol–water partition coefficient (Wildman–Crippen LogP) is 2.97. The number of fused-ring (bicyclic) bond motifs is 3. The number of aliphatic hydroxyl groups is 2. The van der Waals surface area contributed by atoms with Gasteiger partial charge in [-0.15, -0.1) is 0 Å². The van der Waals surface area contributed by atoms with Crippen LogP contribution in [0.2, 0.25) is 0 Å². The molecule has 0 aromatic heterocycles. The van der Waals surface area contributed by atoms with Crippen molar-refractivity contribution in [3.63, 3.8) is 0 Å². The number of aryl methyl sites for hydroxylation is 1. The second-order valence-corrected chi connectivity index (χ2v) is 8.43. The molecule has 4 nitrogen and oxygen atoms in total. The number of phenolic OH excluding ortho intramolecular Hbond substituents is 1. The zero-order valence-corrected chi connectivity index (χ0v) is 15.9. The van der Waals surface area contributed by atoms with E-state index in [1.54, 1.807) is 6.07 Å². The average molecular weight is 367 g/mol. The standard InChI is InChI=1S/C23H29NO3/c1-2-21-14-22(26,15-24)23(27,17-6-4-3-5-7-17)13-18(21)9-8-16-12-19(25)10-11-20(16)21/h3-7,10-12,18,25-27H,2,8-9,13-15,24H2,1H3/t18-,21?,22?,23?/m1/s1. The Hall–Kier alpha value is -1.88. The van der Waals surface area contributed by atoms with Crippen LogP contribution < -0.4 is 5.73 Å². The largest absolute Gasteiger partial charge is 0.508 e. The Balaban J connectivity index is 1.86. The van der Waals surface area contributed by atoms with Crippen molar-refractivity contribution in [3.8, 4) is 5.75 Å². The van der Waals surface area contributed by atoms with E-state index in [9.17, 15) is 15.3 Å². The number of hydrogen-bond donors (Lipinski definition) is 4. The second-order valence-electron chi connectivity index (χ2n) is 8.43. The molecule has 0 spiro atoms. The van der Waals surface area contributed by atoms with Crippen LogP contribution in [0.4, 0.5) is 0 Å². The first-order valence-electron chi connectivity index (χ1n) is 9.91. The van der Waals surface area contributed by atoms with Crippen molar-refractivity contribution in [1.29, 1.82) is 0 Å². The molecule has 4 atom stereocenters. The van der Waals surface area contributed by atoms with Crippen LogP contribution in [0.5, 0.6) is 5.75 Å². The summed E-state index contributed by atoms with van der Waals surface area (Å²) in [5.74, 6) is 0.528. The highest BCUT2D eigenvalue weighted by Gasteiger charge is 2.62. The maximum atomic E-state index is 11.7. The zero-order chi connectivity index (χ0) is 19.3. The van der Waals surface area contributed by atoms with Gasteiger partial charge in [-0.25, -0.2) is 0 Å². The van der Waals surface area contributed by atoms with Crippen LogP contribution in [0.1, 0.15) is 49.3 Å². The van der Waals surface area contributed by atoms with Crippen molar-refractivity contribution in [2.24, 2.45) is 11.7 Å². The fraction of sp³-hybridized carbons (Fsp3) is 0.478. The summed E-state index contributed by atoms with van der Waals surface area (Å²) in [4.78, 5) is 0. The molecule has 4 rings (SSSR count). The molecule has 1 fully saturated rings. The summed E-state index contributed by atoms with van der Waals surface area (Å²) in [7, 11) is 0. The van der Waals surface area contributed by atoms with Gasteiger partial charge < -0.3 is 21.1 Å². The van der Waals surface area contributed by atoms with Gasteiger partial charge in [0.05, 0.1) is 0 Å². The molecule has 2 aromatic carbocycles. The van der Waals surface area contributed by atoms with Crippen LogP contribution in [0, 0.1) is 5.92 Å². The maximum Gasteiger partial charge on any atom is 0.120 e. The molecule has 5 N–H and O–H groups in total. The molecule has 0 aliphatic heterocycles. The van der Waals surface area contributed by atoms with Gasteiger partial charge in [-0.2, -0.15) is 0 Å². The number of aromatic hydroxyl groups is 1. The molecule has 0 bridgehead atoms. The van der Waals surface area contributed by atoms with Crippen LogP contribution in [0.15, 0.2) is 48.5 Å². The topological polar surface area (TPSA) is 86.7 Å². The van der Waals surface area contributed by atoms with Crippen molar-refractivity contribution < 1.29 is 15.3 Å². The van der Waals surface area contributed by atoms with Crippen LogP contribution in [-0.4, -0.2) is 27.5 Å². The minimum atomic E-state index is -1.41. The van der Waals surface area contributed by atoms with Crippen LogP contribution >= 0.6 is 0 Å². The van der Waals surface area contributed by atoms with E-state index in [4.69, 9.17) is 5.73 Å². The molecule has 2 aromatic rings. The van der Waals surface area contributed by atoms with Gasteiger partial charge in [0.25, 0.3) is 0 Å². The smallest absolute Gasteiger partial charge is 0.120 e. The van der Waals surface area contributed by atoms with Gasteiger partial charge in [0.2, 0.25) is 0 Å². The Morgan fingerprint density at radius 1 is 1.11 bits per heavy atom. The summed E-state index contributed by atoms with van der Waals surface area (Å²) in [6.45, 7) is 2.15. The lowest BCUT2D eigenvalue weighted by molar-refractivity contribution is -0.209. The summed E-state index contributed by atoms with van der Waals surface area (Å²) in [5.41, 5.74) is 6.15. The molecule has 2 aliphatic carbocycles. The van der Waals surface area contributed by atoms with Gasteiger partial charge in [-0.3, -0.25) is 0 Å². The number of phenols is 1. The van der Waals surface area contributed by atoms with Crippen LogP contribution in [-0.2, 0) is 17.4 Å². The Morgan fingerprint density at radius 2 is 1.85 bits per heavy atom. The van der Waals surface area contributed by atoms with Crippen molar-refractivity contribution in [2.75, 3.05) is 6.54 Å². The Labute approximate surface area is 160 Å². The molecule has 3 unspecified atom stereocenters. The highest BCUT2D eigenvalue weighted by Crippen LogP contribution is 2.59. The minimum absolute atomic E-state index is 0.000279. The maximum absolute atomic E-state index is 11.7. The molecule has 1 saturated carbocycles. The molecule has 0 amide bonds. The predicted molar refractivity (Wildman–Crippen MR) is 105 cm³/mol. The van der Waals surface area contributed by atoms with Crippen LogP contribution in [0.3, 0.4) is 0 Å². The quantitative estimate of drug-likeness (QED) is 0.672. The lowest BCUT2D eigenvalue weighted by Gasteiger charge is -2.59. The molecule has 2 aliphatic rings. The highest BCUT2D eigenvalue weighted by atomic mass is 16.4. The molecule has 0 heterocycles. The van der Waals surface area contributed by atoms with E-state index < -0.39 is 11.2 Å². The summed E-state index contributed by atoms with van der Waals surface area (Å²) in [5, 5.41) is 33.3. The van der Waals surface area contributed by atoms with E-state index in [1.807, 2.05) is 42.5 Å². The molecule has 27 heavy (non-hydrogen) atoms. The first-order chi connectivity index (χ1) is 12.9. The van der Waals surface area contributed by atoms with E-state index in [0.29, 0.717) is 12.8 Å². The van der Waals surface area contributed by atoms with Gasteiger partial charge in [0.1, 0.15) is 17.0 Å². The van der Waals surface area contributed by atoms with Gasteiger partial charge in [0.15, 0.2) is 0 Å². The van der Waals surface area contributed by atoms with E-state index in [2.05, 4.69) is 6.92 Å². The minimum Gasteiger partial charge on any atom is -0.508 e. The molecule has 0 saturated heterocycles. The fourth-order valence-corrected chi connectivity index (χ4v) is 5.80. The summed E-state index contributed by atoms with van der Waals surface area (Å²) in [6, 6.07) is 15.1. The molecular formula is C23H29NO3. The fourth-order valence-electron chi connectivity index (χ4n) is 5.80. The number of nitrogens with two attached hydrogens (primary N) is 1. The first-order valence-corrected chi connectivity index (χ1v) is 9.91. The Morgan fingerprint density at radius 3 is 2.52 bits per heavy atom. The van der Waals surface area contributed by atoms with Gasteiger partial charge in [0, 0.05) is 12.0 Å². The van der Waals surface area contributed by atoms with Gasteiger partial charge in [-0.1, -0.05) is 43.3 Å². The molecule has 0 radical (unpaired) electrons. The normalized spacial score (nSPS) is 35.3. The first kappa shape index (κ1) is 18.5. The van der Waals surface area contributed by atoms with Crippen molar-refractivity contribution >= 4 is 0 Å². The van der Waals surface area contributed by atoms with E-state index >= 15 is 0 Å². The van der Waals surface area contributed by atoms with Gasteiger partial charge >= 0.3 is 0 Å². The van der Waals surface area contributed by atoms with E-state index in [1.165, 1.54) is 5.56 Å². The van der Waals surface area contributed by atoms with E-state index in [0.717, 1.165) is 30.4 Å². The highest BCUT2D eigenvalue weighted by molar-refractivity contribution is 5.45. The molecule has 144 valence electrons. The zero-order valence-electron chi connectivity index (χ0n) is 15.9. The molecular weight excluding hydrogens is 338 g/mol. The third-order valence-corrected chi connectivity index (χ3v) is 7.31. The van der Waals surface area contributed by atoms with Crippen molar-refractivity contribution in [3.05, 3.63) is 65.2 Å². The number of rotatable bonds is 3. The van der Waals surface area contributed by atoms with Gasteiger partial charge in [-0.05, 0) is 66.8 Å². The lowest BCUT2D eigenvalue weighted by Crippen LogP contribution is -2.66. The third kappa shape index (κ3) is 2.54. The van der Waals surface area contributed by atoms with E-state index in [-0.39, 0.29) is 23.6 Å². The van der Waals surface area contributed by atoms with Crippen LogP contribution in [0.25, 0.3) is 0 Å². The lowest BCUT2D eigenvalue weighted by atomic mass is 9.48. The summed E-state index contributed by atoms with van der Waals surface area (Å²) >= 11 is 0. The monoisotopic (exact) mass is 367 g/mol. The number of hydrogen-bond acceptors (Lipinski definition) is 4. The number of benzene rings is 2. The third-order valence-electron chi connectivity index (χ3n) is 7.31. The Bertz CT molecular complexity index is 839. The summed E-state index contributed by atoms with van der Waals surface area (Å²) in [6.07, 6.45) is 3.57. The molecule has 4 heteroatoms. The van der Waals surface area contributed by atoms with Crippen molar-refractivity contribution in [1.82, 2.24) is 0 Å². The second kappa shape index (κ2) is 6.33. The SMILES string of the molecule is CCC12CC(O)(CN)C(O)(c3ccccc3)C[C@H]1CCc1cc(O)ccc12. The average Bonchev–Trinajstić information content (AvgIpc) is 2.69. The summed E-state index contributed by atoms with van der Waals surface area (Å²) < 4.78 is 0. The van der Waals surface area contributed by atoms with Crippen molar-refractivity contribution in [2.45, 2.75) is 55.6 Å². The Kier molecular flexibility index (Phi) is 4.34.